The maximum absolute atomic E-state index is 12.8. The van der Waals surface area contributed by atoms with Crippen molar-refractivity contribution in [1.29, 1.82) is 0 Å². The number of rotatable bonds is 15. The summed E-state index contributed by atoms with van der Waals surface area (Å²) in [6, 6.07) is 41.2. The van der Waals surface area contributed by atoms with Gasteiger partial charge in [-0.05, 0) is 52.8 Å². The van der Waals surface area contributed by atoms with Gasteiger partial charge in [-0.3, -0.25) is 4.79 Å². The van der Waals surface area contributed by atoms with Crippen molar-refractivity contribution in [2.24, 2.45) is 0 Å². The monoisotopic (exact) mass is 613 g/mol. The van der Waals surface area contributed by atoms with Crippen molar-refractivity contribution in [3.8, 4) is 0 Å². The van der Waals surface area contributed by atoms with Crippen LogP contribution < -0.4 is 21.7 Å². The van der Waals surface area contributed by atoms with Gasteiger partial charge in [0.05, 0.1) is 18.6 Å². The summed E-state index contributed by atoms with van der Waals surface area (Å²) in [7, 11) is 0. The highest BCUT2D eigenvalue weighted by atomic mass is 16.3. The molecule has 1 amide bonds. The Labute approximate surface area is 271 Å². The van der Waals surface area contributed by atoms with Crippen molar-refractivity contribution in [2.75, 3.05) is 12.3 Å². The van der Waals surface area contributed by atoms with Gasteiger partial charge in [-0.15, -0.1) is 0 Å². The lowest BCUT2D eigenvalue weighted by molar-refractivity contribution is -0.120. The lowest BCUT2D eigenvalue weighted by Gasteiger charge is -2.20. The molecule has 5 aromatic rings. The van der Waals surface area contributed by atoms with Gasteiger partial charge in [0.25, 0.3) is 0 Å². The van der Waals surface area contributed by atoms with Gasteiger partial charge >= 0.3 is 0 Å². The van der Waals surface area contributed by atoms with Crippen LogP contribution in [0.3, 0.4) is 0 Å². The number of nitrogens with zero attached hydrogens (tertiary/aromatic N) is 1. The zero-order valence-corrected chi connectivity index (χ0v) is 26.3. The predicted octanol–water partition coefficient (Wildman–Crippen LogP) is 5.66. The largest absolute Gasteiger partial charge is 0.387 e. The zero-order valence-electron chi connectivity index (χ0n) is 26.3. The minimum atomic E-state index is -0.662. The molecule has 0 fully saturated rings. The van der Waals surface area contributed by atoms with Crippen LogP contribution in [0.15, 0.2) is 128 Å². The number of nitrogens with two attached hydrogens (primary N) is 1. The molecule has 0 aliphatic rings. The molecular formula is C39H43N5O2. The highest BCUT2D eigenvalue weighted by Crippen LogP contribution is 2.22. The number of pyridine rings is 1. The first kappa shape index (κ1) is 32.6. The lowest BCUT2D eigenvalue weighted by atomic mass is 9.98. The fraction of sp³-hybridized carbons (Fsp3) is 0.231. The maximum Gasteiger partial charge on any atom is 0.224 e. The number of aliphatic hydroxyl groups is 1. The van der Waals surface area contributed by atoms with Gasteiger partial charge in [-0.25, -0.2) is 4.98 Å². The van der Waals surface area contributed by atoms with Gasteiger partial charge in [-0.1, -0.05) is 115 Å². The molecule has 0 bridgehead atoms. The molecule has 6 N–H and O–H groups in total. The number of amides is 1. The highest BCUT2D eigenvalue weighted by molar-refractivity contribution is 5.78. The maximum atomic E-state index is 12.8. The summed E-state index contributed by atoms with van der Waals surface area (Å²) in [6.07, 6.45) is 2.04. The SMILES string of the molecule is C[C@H](Cc1cccc(CC(=O)NCc2ccc(CNC(c3ccccc3)c3ccccc3)cc2)c1)NC[C@@H](O)c1ccc(N)nc1. The number of hydrogen-bond acceptors (Lipinski definition) is 6. The van der Waals surface area contributed by atoms with Gasteiger partial charge in [0, 0.05) is 37.4 Å². The molecule has 46 heavy (non-hydrogen) atoms. The summed E-state index contributed by atoms with van der Waals surface area (Å²) in [4.78, 5) is 16.8. The fourth-order valence-corrected chi connectivity index (χ4v) is 5.50. The highest BCUT2D eigenvalue weighted by Gasteiger charge is 2.14. The predicted molar refractivity (Wildman–Crippen MR) is 185 cm³/mol. The molecule has 1 heterocycles. The molecule has 1 aromatic heterocycles. The van der Waals surface area contributed by atoms with Crippen LogP contribution in [0.1, 0.15) is 58.0 Å². The van der Waals surface area contributed by atoms with Crippen LogP contribution in [0, 0.1) is 0 Å². The second kappa shape index (κ2) is 16.5. The van der Waals surface area contributed by atoms with Crippen LogP contribution in [0.25, 0.3) is 0 Å². The molecule has 0 aliphatic carbocycles. The topological polar surface area (TPSA) is 112 Å². The molecule has 0 aliphatic heterocycles. The molecule has 0 saturated heterocycles. The lowest BCUT2D eigenvalue weighted by Crippen LogP contribution is -2.32. The molecular weight excluding hydrogens is 570 g/mol. The molecule has 0 saturated carbocycles. The first-order valence-corrected chi connectivity index (χ1v) is 15.8. The first-order chi connectivity index (χ1) is 22.4. The van der Waals surface area contributed by atoms with Crippen LogP contribution in [0.5, 0.6) is 0 Å². The smallest absolute Gasteiger partial charge is 0.224 e. The van der Waals surface area contributed by atoms with E-state index in [9.17, 15) is 9.90 Å². The van der Waals surface area contributed by atoms with Gasteiger partial charge in [0.15, 0.2) is 0 Å². The Hall–Kier alpha value is -4.82. The summed E-state index contributed by atoms with van der Waals surface area (Å²) >= 11 is 0. The molecule has 0 spiro atoms. The summed E-state index contributed by atoms with van der Waals surface area (Å²) in [5.41, 5.74) is 13.2. The number of nitrogens with one attached hydrogen (secondary N) is 3. The van der Waals surface area contributed by atoms with Crippen LogP contribution in [0.2, 0.25) is 0 Å². The minimum Gasteiger partial charge on any atom is -0.387 e. The second-order valence-electron chi connectivity index (χ2n) is 11.8. The van der Waals surface area contributed by atoms with Crippen molar-refractivity contribution in [3.05, 3.63) is 166 Å². The number of aliphatic hydroxyl groups excluding tert-OH is 1. The third kappa shape index (κ3) is 9.84. The molecule has 5 rings (SSSR count). The van der Waals surface area contributed by atoms with E-state index in [1.807, 2.05) is 24.3 Å². The summed E-state index contributed by atoms with van der Waals surface area (Å²) < 4.78 is 0. The fourth-order valence-electron chi connectivity index (χ4n) is 5.50. The molecule has 7 nitrogen and oxygen atoms in total. The van der Waals surface area contributed by atoms with Crippen molar-refractivity contribution in [2.45, 2.75) is 51.0 Å². The number of nitrogen functional groups attached to an aromatic ring is 1. The number of aromatic nitrogens is 1. The average molecular weight is 614 g/mol. The molecule has 7 heteroatoms. The zero-order chi connectivity index (χ0) is 32.1. The Morgan fingerprint density at radius 2 is 1.35 bits per heavy atom. The molecule has 0 unspecified atom stereocenters. The Kier molecular flexibility index (Phi) is 11.7. The summed E-state index contributed by atoms with van der Waals surface area (Å²) in [5, 5.41) is 20.6. The second-order valence-corrected chi connectivity index (χ2v) is 11.8. The van der Waals surface area contributed by atoms with Gasteiger partial charge < -0.3 is 26.8 Å². The quantitative estimate of drug-likeness (QED) is 0.104. The number of carbonyl (C=O) groups is 1. The Morgan fingerprint density at radius 1 is 0.717 bits per heavy atom. The van der Waals surface area contributed by atoms with E-state index < -0.39 is 6.10 Å². The first-order valence-electron chi connectivity index (χ1n) is 15.8. The Morgan fingerprint density at radius 3 is 1.98 bits per heavy atom. The van der Waals surface area contributed by atoms with E-state index in [1.54, 1.807) is 18.3 Å². The van der Waals surface area contributed by atoms with E-state index in [0.717, 1.165) is 35.2 Å². The minimum absolute atomic E-state index is 0.0112. The van der Waals surface area contributed by atoms with E-state index in [2.05, 4.69) is 113 Å². The molecule has 236 valence electrons. The molecule has 0 radical (unpaired) electrons. The Bertz CT molecular complexity index is 1600. The van der Waals surface area contributed by atoms with E-state index in [0.29, 0.717) is 25.3 Å². The number of hydrogen-bond donors (Lipinski definition) is 5. The third-order valence-corrected chi connectivity index (χ3v) is 8.04. The standard InChI is InChI=1S/C39H43N5O2/c1-28(41-27-36(45)35-19-20-37(40)42-26-35)21-31-9-8-10-32(22-31)23-38(46)43-24-29-15-17-30(18-16-29)25-44-39(33-11-4-2-5-12-33)34-13-6-3-7-14-34/h2-20,22,26,28,36,39,41,44-45H,21,23-25,27H2,1H3,(H2,40,42)(H,43,46)/t28-,36-/m1/s1. The van der Waals surface area contributed by atoms with Crippen molar-refractivity contribution < 1.29 is 9.90 Å². The van der Waals surface area contributed by atoms with Crippen molar-refractivity contribution in [3.63, 3.8) is 0 Å². The van der Waals surface area contributed by atoms with Crippen LogP contribution in [0.4, 0.5) is 5.82 Å². The van der Waals surface area contributed by atoms with Crippen LogP contribution in [-0.2, 0) is 30.7 Å². The van der Waals surface area contributed by atoms with Gasteiger partial charge in [0.2, 0.25) is 5.91 Å². The average Bonchev–Trinajstić information content (AvgIpc) is 3.08. The van der Waals surface area contributed by atoms with Gasteiger partial charge in [0.1, 0.15) is 5.82 Å². The van der Waals surface area contributed by atoms with Crippen LogP contribution >= 0.6 is 0 Å². The van der Waals surface area contributed by atoms with Crippen LogP contribution in [-0.4, -0.2) is 28.6 Å². The molecule has 2 atom stereocenters. The van der Waals surface area contributed by atoms with Crippen molar-refractivity contribution >= 4 is 11.7 Å². The molecule has 4 aromatic carbocycles. The summed E-state index contributed by atoms with van der Waals surface area (Å²) in [6.45, 7) is 3.70. The van der Waals surface area contributed by atoms with Crippen molar-refractivity contribution in [1.82, 2.24) is 20.9 Å². The normalized spacial score (nSPS) is 12.5. The Balaban J connectivity index is 1.06. The van der Waals surface area contributed by atoms with E-state index >= 15 is 0 Å². The van der Waals surface area contributed by atoms with E-state index in [1.165, 1.54) is 16.7 Å². The summed E-state index contributed by atoms with van der Waals surface area (Å²) in [5.74, 6) is 0.420. The number of anilines is 1. The van der Waals surface area contributed by atoms with E-state index in [4.69, 9.17) is 5.73 Å². The number of carbonyl (C=O) groups excluding carboxylic acids is 1. The van der Waals surface area contributed by atoms with E-state index in [-0.39, 0.29) is 18.0 Å². The third-order valence-electron chi connectivity index (χ3n) is 8.04. The number of benzene rings is 4. The van der Waals surface area contributed by atoms with Gasteiger partial charge in [-0.2, -0.15) is 0 Å².